The summed E-state index contributed by atoms with van der Waals surface area (Å²) in [5.74, 6) is -1.01. The van der Waals surface area contributed by atoms with Crippen LogP contribution in [0.25, 0.3) is 0 Å². The number of hydrogen-bond donors (Lipinski definition) is 3. The van der Waals surface area contributed by atoms with Gasteiger partial charge in [0, 0.05) is 18.5 Å². The molecule has 4 N–H and O–H groups in total. The number of aromatic carboxylic acids is 1. The number of carbonyl (C=O) groups is 1. The molecule has 0 bridgehead atoms. The van der Waals surface area contributed by atoms with Crippen LogP contribution in [-0.4, -0.2) is 24.8 Å². The van der Waals surface area contributed by atoms with Crippen molar-refractivity contribution in [2.75, 3.05) is 24.8 Å². The van der Waals surface area contributed by atoms with E-state index in [-0.39, 0.29) is 5.56 Å². The van der Waals surface area contributed by atoms with Crippen LogP contribution in [0.3, 0.4) is 0 Å². The maximum absolute atomic E-state index is 11.3. The molecule has 5 heteroatoms. The van der Waals surface area contributed by atoms with Crippen LogP contribution in [0, 0.1) is 0 Å². The molecular formula is C16H18N2O3. The maximum atomic E-state index is 11.3. The zero-order chi connectivity index (χ0) is 15.2. The average Bonchev–Trinajstić information content (AvgIpc) is 2.48. The molecule has 5 nitrogen and oxygen atoms in total. The summed E-state index contributed by atoms with van der Waals surface area (Å²) >= 11 is 0. The van der Waals surface area contributed by atoms with E-state index in [1.165, 1.54) is 6.07 Å². The van der Waals surface area contributed by atoms with Crippen LogP contribution in [0.5, 0.6) is 0 Å². The zero-order valence-electron chi connectivity index (χ0n) is 11.8. The van der Waals surface area contributed by atoms with Crippen LogP contribution in [0.15, 0.2) is 42.5 Å². The van der Waals surface area contributed by atoms with Crippen molar-refractivity contribution >= 4 is 23.0 Å². The Morgan fingerprint density at radius 2 is 2.00 bits per heavy atom. The Balaban J connectivity index is 2.32. The van der Waals surface area contributed by atoms with Gasteiger partial charge in [-0.3, -0.25) is 0 Å². The minimum atomic E-state index is -1.01. The molecule has 0 heterocycles. The van der Waals surface area contributed by atoms with Crippen LogP contribution >= 0.6 is 0 Å². The van der Waals surface area contributed by atoms with E-state index in [1.807, 2.05) is 24.3 Å². The van der Waals surface area contributed by atoms with Crippen molar-refractivity contribution in [1.82, 2.24) is 0 Å². The lowest BCUT2D eigenvalue weighted by molar-refractivity contribution is 0.0698. The number of nitrogens with one attached hydrogen (secondary N) is 1. The molecule has 0 radical (unpaired) electrons. The summed E-state index contributed by atoms with van der Waals surface area (Å²) in [4.78, 5) is 11.3. The Hall–Kier alpha value is -2.53. The van der Waals surface area contributed by atoms with E-state index in [0.717, 1.165) is 17.7 Å². The molecule has 2 aromatic carbocycles. The van der Waals surface area contributed by atoms with Crippen molar-refractivity contribution in [1.29, 1.82) is 0 Å². The van der Waals surface area contributed by atoms with Crippen molar-refractivity contribution in [2.24, 2.45) is 0 Å². The SMILES string of the molecule is COCCc1ccccc1Nc1ccc(N)cc1C(=O)O. The Morgan fingerprint density at radius 3 is 2.71 bits per heavy atom. The molecule has 110 valence electrons. The molecule has 0 atom stereocenters. The molecule has 0 aliphatic carbocycles. The van der Waals surface area contributed by atoms with Gasteiger partial charge in [-0.15, -0.1) is 0 Å². The van der Waals surface area contributed by atoms with E-state index >= 15 is 0 Å². The second-order valence-corrected chi connectivity index (χ2v) is 4.64. The normalized spacial score (nSPS) is 10.3. The highest BCUT2D eigenvalue weighted by Gasteiger charge is 2.12. The summed E-state index contributed by atoms with van der Waals surface area (Å²) in [7, 11) is 1.65. The van der Waals surface area contributed by atoms with E-state index in [4.69, 9.17) is 10.5 Å². The summed E-state index contributed by atoms with van der Waals surface area (Å²) in [5.41, 5.74) is 8.66. The van der Waals surface area contributed by atoms with Gasteiger partial charge in [-0.05, 0) is 36.2 Å². The lowest BCUT2D eigenvalue weighted by atomic mass is 10.1. The van der Waals surface area contributed by atoms with Crippen molar-refractivity contribution in [3.63, 3.8) is 0 Å². The number of carboxylic acid groups (broad SMARTS) is 1. The fourth-order valence-corrected chi connectivity index (χ4v) is 2.07. The Kier molecular flexibility index (Phi) is 4.79. The highest BCUT2D eigenvalue weighted by atomic mass is 16.5. The highest BCUT2D eigenvalue weighted by Crippen LogP contribution is 2.26. The highest BCUT2D eigenvalue weighted by molar-refractivity contribution is 5.96. The van der Waals surface area contributed by atoms with Crippen LogP contribution in [-0.2, 0) is 11.2 Å². The smallest absolute Gasteiger partial charge is 0.337 e. The number of nitrogens with two attached hydrogens (primary N) is 1. The quantitative estimate of drug-likeness (QED) is 0.711. The second-order valence-electron chi connectivity index (χ2n) is 4.64. The molecule has 2 rings (SSSR count). The Bertz CT molecular complexity index is 641. The Morgan fingerprint density at radius 1 is 1.24 bits per heavy atom. The van der Waals surface area contributed by atoms with Gasteiger partial charge in [0.15, 0.2) is 0 Å². The summed E-state index contributed by atoms with van der Waals surface area (Å²) in [5, 5.41) is 12.4. The molecule has 0 saturated heterocycles. The standard InChI is InChI=1S/C16H18N2O3/c1-21-9-8-11-4-2-3-5-14(11)18-15-7-6-12(17)10-13(15)16(19)20/h2-7,10,18H,8-9,17H2,1H3,(H,19,20). The number of anilines is 3. The van der Waals surface area contributed by atoms with Crippen molar-refractivity contribution < 1.29 is 14.6 Å². The molecular weight excluding hydrogens is 268 g/mol. The Labute approximate surface area is 123 Å². The number of nitrogen functional groups attached to an aromatic ring is 1. The number of ether oxygens (including phenoxy) is 1. The molecule has 21 heavy (non-hydrogen) atoms. The lowest BCUT2D eigenvalue weighted by Gasteiger charge is -2.14. The first-order valence-electron chi connectivity index (χ1n) is 6.58. The molecule has 0 saturated carbocycles. The average molecular weight is 286 g/mol. The molecule has 2 aromatic rings. The molecule has 0 aromatic heterocycles. The second kappa shape index (κ2) is 6.76. The van der Waals surface area contributed by atoms with Gasteiger partial charge < -0.3 is 20.9 Å². The largest absolute Gasteiger partial charge is 0.478 e. The van der Waals surface area contributed by atoms with Gasteiger partial charge in [-0.1, -0.05) is 18.2 Å². The van der Waals surface area contributed by atoms with Gasteiger partial charge in [0.2, 0.25) is 0 Å². The fraction of sp³-hybridized carbons (Fsp3) is 0.188. The fourth-order valence-electron chi connectivity index (χ4n) is 2.07. The van der Waals surface area contributed by atoms with Crippen molar-refractivity contribution in [3.05, 3.63) is 53.6 Å². The summed E-state index contributed by atoms with van der Waals surface area (Å²) < 4.78 is 5.09. The number of hydrogen-bond acceptors (Lipinski definition) is 4. The number of rotatable bonds is 6. The van der Waals surface area contributed by atoms with Crippen LogP contribution in [0.4, 0.5) is 17.1 Å². The molecule has 0 unspecified atom stereocenters. The van der Waals surface area contributed by atoms with Gasteiger partial charge in [-0.25, -0.2) is 4.79 Å². The summed E-state index contributed by atoms with van der Waals surface area (Å²) in [6.07, 6.45) is 0.747. The van der Waals surface area contributed by atoms with E-state index in [1.54, 1.807) is 19.2 Å². The van der Waals surface area contributed by atoms with Crippen molar-refractivity contribution in [2.45, 2.75) is 6.42 Å². The van der Waals surface area contributed by atoms with E-state index in [9.17, 15) is 9.90 Å². The van der Waals surface area contributed by atoms with Gasteiger partial charge in [0.25, 0.3) is 0 Å². The summed E-state index contributed by atoms with van der Waals surface area (Å²) in [6.45, 7) is 0.603. The number of benzene rings is 2. The summed E-state index contributed by atoms with van der Waals surface area (Å²) in [6, 6.07) is 12.5. The number of methoxy groups -OCH3 is 1. The first-order chi connectivity index (χ1) is 10.1. The third-order valence-electron chi connectivity index (χ3n) is 3.14. The van der Waals surface area contributed by atoms with Gasteiger partial charge in [0.1, 0.15) is 0 Å². The molecule has 0 amide bonds. The topological polar surface area (TPSA) is 84.6 Å². The third-order valence-corrected chi connectivity index (χ3v) is 3.14. The number of para-hydroxylation sites is 1. The molecule has 0 spiro atoms. The first-order valence-corrected chi connectivity index (χ1v) is 6.58. The first kappa shape index (κ1) is 14.9. The lowest BCUT2D eigenvalue weighted by Crippen LogP contribution is -2.06. The zero-order valence-corrected chi connectivity index (χ0v) is 11.8. The molecule has 0 aliphatic heterocycles. The van der Waals surface area contributed by atoms with Gasteiger partial charge >= 0.3 is 5.97 Å². The van der Waals surface area contributed by atoms with E-state index in [0.29, 0.717) is 18.0 Å². The number of carboxylic acids is 1. The van der Waals surface area contributed by atoms with Crippen LogP contribution in [0.1, 0.15) is 15.9 Å². The van der Waals surface area contributed by atoms with Gasteiger partial charge in [-0.2, -0.15) is 0 Å². The predicted molar refractivity (Wildman–Crippen MR) is 83.1 cm³/mol. The monoisotopic (exact) mass is 286 g/mol. The maximum Gasteiger partial charge on any atom is 0.337 e. The minimum Gasteiger partial charge on any atom is -0.478 e. The van der Waals surface area contributed by atoms with Crippen LogP contribution < -0.4 is 11.1 Å². The predicted octanol–water partition coefficient (Wildman–Crippen LogP) is 2.90. The molecule has 0 fully saturated rings. The third kappa shape index (κ3) is 3.73. The van der Waals surface area contributed by atoms with E-state index in [2.05, 4.69) is 5.32 Å². The van der Waals surface area contributed by atoms with Gasteiger partial charge in [0.05, 0.1) is 17.9 Å². The van der Waals surface area contributed by atoms with E-state index < -0.39 is 5.97 Å². The minimum absolute atomic E-state index is 0.150. The van der Waals surface area contributed by atoms with Crippen molar-refractivity contribution in [3.8, 4) is 0 Å². The molecule has 0 aliphatic rings. The van der Waals surface area contributed by atoms with Crippen LogP contribution in [0.2, 0.25) is 0 Å².